The molecule has 20 heavy (non-hydrogen) atoms. The molecule has 4 nitrogen and oxygen atoms in total. The molecular formula is C16H28N2O2. The van der Waals surface area contributed by atoms with Crippen LogP contribution in [0.25, 0.3) is 0 Å². The third-order valence-corrected chi connectivity index (χ3v) is 4.42. The predicted molar refractivity (Wildman–Crippen MR) is 78.4 cm³/mol. The van der Waals surface area contributed by atoms with Gasteiger partial charge in [-0.2, -0.15) is 4.98 Å². The molecule has 0 aliphatic heterocycles. The van der Waals surface area contributed by atoms with Crippen LogP contribution >= 0.6 is 0 Å². The Morgan fingerprint density at radius 2 is 2.10 bits per heavy atom. The molecule has 1 aliphatic rings. The molecule has 1 fully saturated rings. The van der Waals surface area contributed by atoms with E-state index in [4.69, 9.17) is 4.52 Å². The zero-order chi connectivity index (χ0) is 15.0. The Bertz CT molecular complexity index is 448. The Morgan fingerprint density at radius 3 is 2.65 bits per heavy atom. The van der Waals surface area contributed by atoms with Crippen LogP contribution in [-0.4, -0.2) is 20.8 Å². The highest BCUT2D eigenvalue weighted by atomic mass is 16.5. The third kappa shape index (κ3) is 3.60. The van der Waals surface area contributed by atoms with Crippen LogP contribution in [0, 0.1) is 11.8 Å². The molecule has 114 valence electrons. The smallest absolute Gasteiger partial charge is 0.229 e. The first kappa shape index (κ1) is 15.5. The fourth-order valence-corrected chi connectivity index (χ4v) is 3.03. The maximum atomic E-state index is 10.8. The van der Waals surface area contributed by atoms with Gasteiger partial charge in [-0.3, -0.25) is 0 Å². The molecule has 1 aromatic heterocycles. The van der Waals surface area contributed by atoms with Crippen LogP contribution < -0.4 is 0 Å². The van der Waals surface area contributed by atoms with E-state index in [1.165, 1.54) is 6.42 Å². The SMILES string of the molecule is CC(C)[C@@H]1CCC[C@](O)(Cc2nc(C(C)(C)C)no2)C1. The Labute approximate surface area is 122 Å². The summed E-state index contributed by atoms with van der Waals surface area (Å²) in [6.07, 6.45) is 4.47. The second kappa shape index (κ2) is 5.47. The fraction of sp³-hybridized carbons (Fsp3) is 0.875. The Kier molecular flexibility index (Phi) is 4.24. The van der Waals surface area contributed by atoms with Crippen molar-refractivity contribution >= 4 is 0 Å². The maximum absolute atomic E-state index is 10.8. The van der Waals surface area contributed by atoms with Crippen LogP contribution in [0.5, 0.6) is 0 Å². The van der Waals surface area contributed by atoms with Crippen LogP contribution in [0.4, 0.5) is 0 Å². The minimum atomic E-state index is -0.672. The first-order valence-electron chi connectivity index (χ1n) is 7.75. The molecule has 0 saturated heterocycles. The van der Waals surface area contributed by atoms with Gasteiger partial charge in [-0.15, -0.1) is 0 Å². The Balaban J connectivity index is 2.06. The predicted octanol–water partition coefficient (Wildman–Crippen LogP) is 3.49. The quantitative estimate of drug-likeness (QED) is 0.920. The van der Waals surface area contributed by atoms with E-state index in [0.717, 1.165) is 19.3 Å². The van der Waals surface area contributed by atoms with Gasteiger partial charge in [0.2, 0.25) is 5.89 Å². The highest BCUT2D eigenvalue weighted by Gasteiger charge is 2.37. The van der Waals surface area contributed by atoms with Gasteiger partial charge in [0.1, 0.15) is 0 Å². The van der Waals surface area contributed by atoms with E-state index >= 15 is 0 Å². The topological polar surface area (TPSA) is 59.2 Å². The van der Waals surface area contributed by atoms with Crippen LogP contribution in [0.15, 0.2) is 4.52 Å². The molecule has 1 saturated carbocycles. The van der Waals surface area contributed by atoms with Gasteiger partial charge in [0.25, 0.3) is 0 Å². The van der Waals surface area contributed by atoms with Crippen LogP contribution in [0.3, 0.4) is 0 Å². The summed E-state index contributed by atoms with van der Waals surface area (Å²) in [5.74, 6) is 2.50. The molecule has 0 aromatic carbocycles. The minimum absolute atomic E-state index is 0.114. The molecule has 2 rings (SSSR count). The van der Waals surface area contributed by atoms with Crippen molar-refractivity contribution in [3.8, 4) is 0 Å². The van der Waals surface area contributed by atoms with Crippen molar-refractivity contribution in [1.29, 1.82) is 0 Å². The van der Waals surface area contributed by atoms with Crippen molar-refractivity contribution in [2.24, 2.45) is 11.8 Å². The normalized spacial score (nSPS) is 28.1. The zero-order valence-corrected chi connectivity index (χ0v) is 13.4. The minimum Gasteiger partial charge on any atom is -0.389 e. The van der Waals surface area contributed by atoms with Crippen molar-refractivity contribution in [2.75, 3.05) is 0 Å². The Hall–Kier alpha value is -0.900. The zero-order valence-electron chi connectivity index (χ0n) is 13.4. The average Bonchev–Trinajstić information content (AvgIpc) is 2.76. The van der Waals surface area contributed by atoms with E-state index in [1.54, 1.807) is 0 Å². The van der Waals surface area contributed by atoms with Crippen LogP contribution in [-0.2, 0) is 11.8 Å². The molecule has 2 atom stereocenters. The summed E-state index contributed by atoms with van der Waals surface area (Å²) in [7, 11) is 0. The van der Waals surface area contributed by atoms with E-state index in [1.807, 2.05) is 0 Å². The summed E-state index contributed by atoms with van der Waals surface area (Å²) < 4.78 is 5.33. The maximum Gasteiger partial charge on any atom is 0.229 e. The van der Waals surface area contributed by atoms with E-state index in [9.17, 15) is 5.11 Å². The first-order chi connectivity index (χ1) is 9.20. The number of hydrogen-bond donors (Lipinski definition) is 1. The van der Waals surface area contributed by atoms with Crippen LogP contribution in [0.1, 0.15) is 72.0 Å². The molecule has 0 radical (unpaired) electrons. The van der Waals surface area contributed by atoms with Gasteiger partial charge >= 0.3 is 0 Å². The number of hydrogen-bond acceptors (Lipinski definition) is 4. The van der Waals surface area contributed by atoms with Gasteiger partial charge in [0.15, 0.2) is 5.82 Å². The summed E-state index contributed by atoms with van der Waals surface area (Å²) >= 11 is 0. The molecule has 1 heterocycles. The lowest BCUT2D eigenvalue weighted by molar-refractivity contribution is -0.0291. The highest BCUT2D eigenvalue weighted by molar-refractivity contribution is 5.02. The molecule has 0 bridgehead atoms. The summed E-state index contributed by atoms with van der Waals surface area (Å²) in [4.78, 5) is 4.45. The first-order valence-corrected chi connectivity index (χ1v) is 7.75. The van der Waals surface area contributed by atoms with E-state index in [2.05, 4.69) is 44.8 Å². The molecule has 1 aliphatic carbocycles. The molecule has 0 unspecified atom stereocenters. The molecular weight excluding hydrogens is 252 g/mol. The van der Waals surface area contributed by atoms with E-state index in [0.29, 0.717) is 30.0 Å². The monoisotopic (exact) mass is 280 g/mol. The number of aromatic nitrogens is 2. The summed E-state index contributed by atoms with van der Waals surface area (Å²) in [5, 5.41) is 14.9. The fourth-order valence-electron chi connectivity index (χ4n) is 3.03. The standard InChI is InChI=1S/C16H28N2O2/c1-11(2)12-7-6-8-16(19,9-12)10-13-17-14(18-20-13)15(3,4)5/h11-12,19H,6-10H2,1-5H3/t12-,16-/m1/s1. The van der Waals surface area contributed by atoms with Crippen molar-refractivity contribution in [1.82, 2.24) is 10.1 Å². The van der Waals surface area contributed by atoms with Gasteiger partial charge in [-0.1, -0.05) is 46.2 Å². The lowest BCUT2D eigenvalue weighted by atomic mass is 9.72. The van der Waals surface area contributed by atoms with Crippen molar-refractivity contribution in [3.63, 3.8) is 0 Å². The van der Waals surface area contributed by atoms with Gasteiger partial charge in [-0.25, -0.2) is 0 Å². The van der Waals surface area contributed by atoms with Gasteiger partial charge in [0, 0.05) is 5.41 Å². The molecule has 1 aromatic rings. The number of rotatable bonds is 3. The van der Waals surface area contributed by atoms with E-state index < -0.39 is 5.60 Å². The molecule has 4 heteroatoms. The summed E-state index contributed by atoms with van der Waals surface area (Å²) in [6.45, 7) is 10.7. The van der Waals surface area contributed by atoms with Gasteiger partial charge in [0.05, 0.1) is 12.0 Å². The van der Waals surface area contributed by atoms with Gasteiger partial charge < -0.3 is 9.63 Å². The number of aliphatic hydroxyl groups is 1. The lowest BCUT2D eigenvalue weighted by Gasteiger charge is -2.37. The van der Waals surface area contributed by atoms with Gasteiger partial charge in [-0.05, 0) is 31.1 Å². The van der Waals surface area contributed by atoms with Crippen LogP contribution in [0.2, 0.25) is 0 Å². The molecule has 0 amide bonds. The molecule has 0 spiro atoms. The summed E-state index contributed by atoms with van der Waals surface area (Å²) in [6, 6.07) is 0. The third-order valence-electron chi connectivity index (χ3n) is 4.42. The number of nitrogens with zero attached hydrogens (tertiary/aromatic N) is 2. The lowest BCUT2D eigenvalue weighted by Crippen LogP contribution is -2.38. The van der Waals surface area contributed by atoms with Crippen molar-refractivity contribution in [3.05, 3.63) is 11.7 Å². The molecule has 1 N–H and O–H groups in total. The van der Waals surface area contributed by atoms with E-state index in [-0.39, 0.29) is 5.41 Å². The van der Waals surface area contributed by atoms with Crippen molar-refractivity contribution < 1.29 is 9.63 Å². The summed E-state index contributed by atoms with van der Waals surface area (Å²) in [5.41, 5.74) is -0.785. The Morgan fingerprint density at radius 1 is 1.40 bits per heavy atom. The second-order valence-electron chi connectivity index (χ2n) is 7.76. The highest BCUT2D eigenvalue weighted by Crippen LogP contribution is 2.38. The van der Waals surface area contributed by atoms with Crippen molar-refractivity contribution in [2.45, 2.75) is 77.7 Å². The average molecular weight is 280 g/mol. The largest absolute Gasteiger partial charge is 0.389 e. The second-order valence-corrected chi connectivity index (χ2v) is 7.76.